The zero-order valence-corrected chi connectivity index (χ0v) is 48.8. The van der Waals surface area contributed by atoms with Gasteiger partial charge in [0, 0.05) is 0 Å². The lowest BCUT2D eigenvalue weighted by Gasteiger charge is -2.30. The van der Waals surface area contributed by atoms with E-state index in [0.29, 0.717) is 44.5 Å². The lowest BCUT2D eigenvalue weighted by atomic mass is 10.1. The third-order valence-corrected chi connectivity index (χ3v) is 18.1. The van der Waals surface area contributed by atoms with Gasteiger partial charge in [0.25, 0.3) is 0 Å². The molecule has 0 N–H and O–H groups in total. The van der Waals surface area contributed by atoms with Crippen molar-refractivity contribution in [1.29, 1.82) is 0 Å². The van der Waals surface area contributed by atoms with Gasteiger partial charge in [0.05, 0.1) is 66.1 Å². The minimum atomic E-state index is -4.87. The van der Waals surface area contributed by atoms with E-state index >= 15 is 18.3 Å². The average Bonchev–Trinajstić information content (AvgIpc) is 4.13. The Morgan fingerprint density at radius 3 is 0.590 bits per heavy atom. The van der Waals surface area contributed by atoms with Crippen LogP contribution in [0.3, 0.4) is 0 Å². The van der Waals surface area contributed by atoms with Gasteiger partial charge in [0.1, 0.15) is 24.4 Å². The van der Waals surface area contributed by atoms with Crippen molar-refractivity contribution in [2.45, 2.75) is 77.3 Å². The molecule has 1 heterocycles. The van der Waals surface area contributed by atoms with Crippen LogP contribution in [0.15, 0.2) is 243 Å². The topological polar surface area (TPSA) is 188 Å². The molecule has 1 aliphatic heterocycles. The number of ether oxygens (including phenoxy) is 1. The summed E-state index contributed by atoms with van der Waals surface area (Å²) in [7, 11) is -18.9. The summed E-state index contributed by atoms with van der Waals surface area (Å²) >= 11 is 0. The summed E-state index contributed by atoms with van der Waals surface area (Å²) in [6, 6.07) is 71.6. The van der Waals surface area contributed by atoms with E-state index in [1.54, 1.807) is 194 Å². The van der Waals surface area contributed by atoms with Crippen LogP contribution in [0.25, 0.3) is 0 Å². The van der Waals surface area contributed by atoms with E-state index in [-0.39, 0.29) is 52.9 Å². The average molecular weight is 1210 g/mol. The van der Waals surface area contributed by atoms with E-state index in [1.165, 1.54) is 0 Å². The molecule has 8 aromatic rings. The molecule has 17 nitrogen and oxygen atoms in total. The molecule has 434 valence electrons. The smallest absolute Gasteiger partial charge is 0.364 e. The molecule has 0 amide bonds. The Kier molecular flexibility index (Phi) is 23.3. The summed E-state index contributed by atoms with van der Waals surface area (Å²) in [6.07, 6.45) is -6.52. The van der Waals surface area contributed by atoms with Gasteiger partial charge < -0.3 is 4.74 Å². The van der Waals surface area contributed by atoms with Crippen LogP contribution in [0.4, 0.5) is 0 Å². The molecule has 0 aromatic heterocycles. The molecule has 0 unspecified atom stereocenters. The van der Waals surface area contributed by atoms with Crippen LogP contribution in [0.5, 0.6) is 0 Å². The third-order valence-electron chi connectivity index (χ3n) is 12.6. The first-order chi connectivity index (χ1) is 40.5. The molecular weight excluding hydrogens is 1140 g/mol. The maximum absolute atomic E-state index is 15.6. The van der Waals surface area contributed by atoms with Crippen molar-refractivity contribution in [2.24, 2.45) is 0 Å². The summed E-state index contributed by atoms with van der Waals surface area (Å²) < 4.78 is 142. The lowest BCUT2D eigenvalue weighted by Crippen LogP contribution is -2.39. The summed E-state index contributed by atoms with van der Waals surface area (Å²) in [5.74, 6) is 0. The fourth-order valence-corrected chi connectivity index (χ4v) is 13.3. The van der Waals surface area contributed by atoms with E-state index in [0.717, 1.165) is 0 Å². The van der Waals surface area contributed by atoms with E-state index in [2.05, 4.69) is 0 Å². The van der Waals surface area contributed by atoms with Gasteiger partial charge >= 0.3 is 31.3 Å². The highest BCUT2D eigenvalue weighted by Gasteiger charge is 2.55. The third kappa shape index (κ3) is 20.2. The van der Waals surface area contributed by atoms with E-state index < -0.39 is 68.9 Å². The Bertz CT molecular complexity index is 2930. The number of phosphoric ester groups is 4. The quantitative estimate of drug-likeness (QED) is 0.0346. The second-order valence-electron chi connectivity index (χ2n) is 18.8. The normalized spacial score (nSPS) is 16.7. The zero-order chi connectivity index (χ0) is 57.5. The van der Waals surface area contributed by atoms with Crippen molar-refractivity contribution in [2.75, 3.05) is 13.2 Å². The van der Waals surface area contributed by atoms with E-state index in [9.17, 15) is 0 Å². The Morgan fingerprint density at radius 2 is 0.410 bits per heavy atom. The number of rotatable bonds is 34. The van der Waals surface area contributed by atoms with Gasteiger partial charge in [-0.2, -0.15) is 0 Å². The molecule has 0 spiro atoms. The monoisotopic (exact) mass is 1200 g/mol. The van der Waals surface area contributed by atoms with Crippen LogP contribution in [-0.2, 0) is 130 Å². The molecule has 0 saturated carbocycles. The molecule has 0 bridgehead atoms. The molecule has 0 aliphatic carbocycles. The predicted molar refractivity (Wildman–Crippen MR) is 311 cm³/mol. The molecule has 1 fully saturated rings. The summed E-state index contributed by atoms with van der Waals surface area (Å²) in [5.41, 5.74) is 5.09. The maximum atomic E-state index is 15.6. The minimum absolute atomic E-state index is 0.196. The molecule has 1 saturated heterocycles. The van der Waals surface area contributed by atoms with Crippen molar-refractivity contribution in [1.82, 2.24) is 0 Å². The molecule has 0 radical (unpaired) electrons. The van der Waals surface area contributed by atoms with Crippen LogP contribution < -0.4 is 0 Å². The van der Waals surface area contributed by atoms with Gasteiger partial charge in [-0.1, -0.05) is 243 Å². The fourth-order valence-electron chi connectivity index (χ4n) is 8.20. The summed E-state index contributed by atoms with van der Waals surface area (Å²) in [6.45, 7) is -3.26. The minimum Gasteiger partial charge on any atom is -0.364 e. The Balaban J connectivity index is 1.11. The fraction of sp³-hybridized carbons (Fsp3) is 0.226. The predicted octanol–water partition coefficient (Wildman–Crippen LogP) is 15.7. The van der Waals surface area contributed by atoms with Crippen molar-refractivity contribution in [3.05, 3.63) is 287 Å². The Morgan fingerprint density at radius 1 is 0.241 bits per heavy atom. The van der Waals surface area contributed by atoms with E-state index in [1.807, 2.05) is 48.5 Å². The van der Waals surface area contributed by atoms with Crippen molar-refractivity contribution >= 4 is 31.3 Å². The van der Waals surface area contributed by atoms with Crippen molar-refractivity contribution in [3.8, 4) is 0 Å². The first kappa shape index (κ1) is 61.7. The first-order valence-corrected chi connectivity index (χ1v) is 32.5. The molecule has 83 heavy (non-hydrogen) atoms. The zero-order valence-electron chi connectivity index (χ0n) is 45.2. The second kappa shape index (κ2) is 31.3. The SMILES string of the molecule is O=P(OCc1ccccc1)(OCc1ccccc1)OC[C@H]1O[C@H](COP(=O)(OCc2ccccc2)OCc2ccccc2)[C@@H](OP(=O)(OCc2ccccc2)OCc2ccccc2)[C@@H]1OP(=O)(OCc1ccccc1)OCc1ccccc1. The van der Waals surface area contributed by atoms with Gasteiger partial charge in [-0.3, -0.25) is 54.3 Å². The van der Waals surface area contributed by atoms with Gasteiger partial charge in [-0.05, 0) is 44.5 Å². The van der Waals surface area contributed by atoms with Crippen molar-refractivity contribution in [3.63, 3.8) is 0 Å². The molecule has 8 aromatic carbocycles. The highest BCUT2D eigenvalue weighted by atomic mass is 31.2. The maximum Gasteiger partial charge on any atom is 0.475 e. The van der Waals surface area contributed by atoms with Gasteiger partial charge in [-0.25, -0.2) is 18.3 Å². The van der Waals surface area contributed by atoms with Crippen LogP contribution in [0, 0.1) is 0 Å². The van der Waals surface area contributed by atoms with Gasteiger partial charge in [0.15, 0.2) is 0 Å². The van der Waals surface area contributed by atoms with Crippen LogP contribution in [0.1, 0.15) is 44.5 Å². The van der Waals surface area contributed by atoms with Gasteiger partial charge in [-0.15, -0.1) is 0 Å². The molecule has 1 aliphatic rings. The van der Waals surface area contributed by atoms with Crippen molar-refractivity contribution < 1.29 is 77.3 Å². The molecule has 4 atom stereocenters. The Hall–Kier alpha value is -5.84. The summed E-state index contributed by atoms with van der Waals surface area (Å²) in [4.78, 5) is 0. The number of benzene rings is 8. The second-order valence-corrected chi connectivity index (χ2v) is 25.4. The number of hydrogen-bond acceptors (Lipinski definition) is 17. The number of phosphoric acid groups is 4. The first-order valence-electron chi connectivity index (χ1n) is 26.7. The highest BCUT2D eigenvalue weighted by molar-refractivity contribution is 7.49. The highest BCUT2D eigenvalue weighted by Crippen LogP contribution is 2.60. The van der Waals surface area contributed by atoms with Crippen LogP contribution in [-0.4, -0.2) is 37.6 Å². The lowest BCUT2D eigenvalue weighted by molar-refractivity contribution is -0.0461. The van der Waals surface area contributed by atoms with E-state index in [4.69, 9.17) is 59.0 Å². The van der Waals surface area contributed by atoms with Crippen LogP contribution in [0.2, 0.25) is 0 Å². The Labute approximate surface area is 484 Å². The van der Waals surface area contributed by atoms with Gasteiger partial charge in [0.2, 0.25) is 0 Å². The largest absolute Gasteiger partial charge is 0.475 e. The standard InChI is InChI=1S/C62H64O17P4/c63-80(67-41-51-25-9-1-10-26-51,68-42-52-27-11-2-12-28-52)75-49-59-61(78-82(65,71-45-55-33-17-5-18-34-55)72-46-56-35-19-6-20-36-56)62(79-83(66,73-47-57-37-21-7-22-38-57)74-48-58-39-23-8-24-40-58)60(77-59)50-76-81(64,69-43-53-29-13-3-14-30-53)70-44-54-31-15-4-16-32-54/h1-40,59-62H,41-50H2/t59-,60-,61-,62-/m1/s1. The molecule has 21 heteroatoms. The number of hydrogen-bond donors (Lipinski definition) is 0. The molecule has 9 rings (SSSR count). The molecular formula is C62H64O17P4. The summed E-state index contributed by atoms with van der Waals surface area (Å²) in [5, 5.41) is 0. The van der Waals surface area contributed by atoms with Crippen LogP contribution >= 0.6 is 31.3 Å².